The van der Waals surface area contributed by atoms with Crippen molar-refractivity contribution in [3.8, 4) is 0 Å². The van der Waals surface area contributed by atoms with Crippen molar-refractivity contribution in [3.63, 3.8) is 0 Å². The van der Waals surface area contributed by atoms with Crippen LogP contribution in [0, 0.1) is 0 Å². The molecule has 5 heteroatoms. The summed E-state index contributed by atoms with van der Waals surface area (Å²) in [5.74, 6) is -0.908. The second kappa shape index (κ2) is 8.27. The molecule has 5 nitrogen and oxygen atoms in total. The average molecular weight is 388 g/mol. The lowest BCUT2D eigenvalue weighted by molar-refractivity contribution is 0.0800. The molecule has 0 aliphatic carbocycles. The molecule has 0 unspecified atom stereocenters. The third kappa shape index (κ3) is 3.40. The molecule has 1 aliphatic heterocycles. The van der Waals surface area contributed by atoms with Crippen molar-refractivity contribution in [2.24, 2.45) is 0 Å². The van der Waals surface area contributed by atoms with Crippen LogP contribution in [-0.2, 0) is 0 Å². The zero-order valence-electron chi connectivity index (χ0n) is 17.1. The fourth-order valence-corrected chi connectivity index (χ4v) is 3.41. The summed E-state index contributed by atoms with van der Waals surface area (Å²) in [6.07, 6.45) is 0. The number of carbonyl (C=O) groups is 3. The van der Waals surface area contributed by atoms with Gasteiger partial charge in [0.05, 0.1) is 5.69 Å². The summed E-state index contributed by atoms with van der Waals surface area (Å²) in [5, 5.41) is 1.55. The van der Waals surface area contributed by atoms with E-state index in [4.69, 9.17) is 0 Å². The number of rotatable bonds is 3. The number of benzene rings is 3. The molecule has 3 aromatic rings. The van der Waals surface area contributed by atoms with Gasteiger partial charge in [-0.25, -0.2) is 4.90 Å². The first-order valence-corrected chi connectivity index (χ1v) is 9.79. The summed E-state index contributed by atoms with van der Waals surface area (Å²) in [4.78, 5) is 41.4. The fraction of sp³-hybridized carbons (Fsp3) is 0.208. The minimum absolute atomic E-state index is 0.154. The van der Waals surface area contributed by atoms with E-state index in [-0.39, 0.29) is 17.7 Å². The van der Waals surface area contributed by atoms with Crippen LogP contribution in [0.15, 0.2) is 60.7 Å². The summed E-state index contributed by atoms with van der Waals surface area (Å²) in [7, 11) is 1.71. The van der Waals surface area contributed by atoms with Crippen LogP contribution in [0.5, 0.6) is 0 Å². The Balaban J connectivity index is 0.00000117. The molecule has 3 amide bonds. The van der Waals surface area contributed by atoms with Crippen LogP contribution in [0.25, 0.3) is 10.8 Å². The van der Waals surface area contributed by atoms with Crippen molar-refractivity contribution in [3.05, 3.63) is 77.4 Å². The van der Waals surface area contributed by atoms with Crippen molar-refractivity contribution in [1.29, 1.82) is 0 Å². The molecule has 1 heterocycles. The van der Waals surface area contributed by atoms with Crippen molar-refractivity contribution in [1.82, 2.24) is 4.90 Å². The van der Waals surface area contributed by atoms with Crippen LogP contribution >= 0.6 is 0 Å². The zero-order chi connectivity index (χ0) is 21.1. The van der Waals surface area contributed by atoms with Crippen LogP contribution in [0.2, 0.25) is 0 Å². The molecule has 3 aromatic carbocycles. The van der Waals surface area contributed by atoms with Crippen LogP contribution in [0.4, 0.5) is 5.69 Å². The molecule has 4 rings (SSSR count). The Bertz CT molecular complexity index is 1050. The highest BCUT2D eigenvalue weighted by atomic mass is 16.2. The van der Waals surface area contributed by atoms with E-state index < -0.39 is 0 Å². The maximum Gasteiger partial charge on any atom is 0.265 e. The van der Waals surface area contributed by atoms with Crippen molar-refractivity contribution < 1.29 is 14.4 Å². The molecule has 29 heavy (non-hydrogen) atoms. The van der Waals surface area contributed by atoms with Crippen LogP contribution in [-0.4, -0.2) is 36.2 Å². The number of amides is 3. The van der Waals surface area contributed by atoms with Crippen LogP contribution in [0.1, 0.15) is 51.8 Å². The SMILES string of the molecule is CC.CCN(C)C(=O)c1cccc(N2C(=O)c3cccc4cccc(c34)C2=O)c1. The van der Waals surface area contributed by atoms with E-state index in [1.165, 1.54) is 0 Å². The van der Waals surface area contributed by atoms with Gasteiger partial charge >= 0.3 is 0 Å². The minimum atomic E-state index is -0.377. The summed E-state index contributed by atoms with van der Waals surface area (Å²) in [5.41, 5.74) is 1.82. The third-order valence-corrected chi connectivity index (χ3v) is 4.94. The number of anilines is 1. The van der Waals surface area contributed by atoms with E-state index >= 15 is 0 Å². The second-order valence-electron chi connectivity index (χ2n) is 6.52. The topological polar surface area (TPSA) is 57.7 Å². The van der Waals surface area contributed by atoms with Gasteiger partial charge in [0, 0.05) is 35.7 Å². The lowest BCUT2D eigenvalue weighted by Crippen LogP contribution is -2.40. The van der Waals surface area contributed by atoms with Crippen molar-refractivity contribution >= 4 is 34.2 Å². The Morgan fingerprint density at radius 3 is 2.00 bits per heavy atom. The molecule has 0 spiro atoms. The summed E-state index contributed by atoms with van der Waals surface area (Å²) in [6, 6.07) is 17.5. The number of hydrogen-bond acceptors (Lipinski definition) is 3. The Hall–Kier alpha value is -3.47. The Morgan fingerprint density at radius 1 is 0.897 bits per heavy atom. The van der Waals surface area contributed by atoms with Gasteiger partial charge in [-0.05, 0) is 42.6 Å². The first kappa shape index (κ1) is 20.3. The lowest BCUT2D eigenvalue weighted by Gasteiger charge is -2.27. The van der Waals surface area contributed by atoms with Gasteiger partial charge in [-0.15, -0.1) is 0 Å². The Kier molecular flexibility index (Phi) is 5.78. The van der Waals surface area contributed by atoms with Crippen molar-refractivity contribution in [2.45, 2.75) is 20.8 Å². The quantitative estimate of drug-likeness (QED) is 0.608. The second-order valence-corrected chi connectivity index (χ2v) is 6.52. The molecule has 0 radical (unpaired) electrons. The highest BCUT2D eigenvalue weighted by Gasteiger charge is 2.34. The molecule has 0 saturated carbocycles. The van der Waals surface area contributed by atoms with E-state index in [9.17, 15) is 14.4 Å². The van der Waals surface area contributed by atoms with Crippen molar-refractivity contribution in [2.75, 3.05) is 18.5 Å². The van der Waals surface area contributed by atoms with Gasteiger partial charge in [0.25, 0.3) is 17.7 Å². The maximum atomic E-state index is 13.1. The normalized spacial score (nSPS) is 12.5. The highest BCUT2D eigenvalue weighted by Crippen LogP contribution is 2.33. The number of carbonyl (C=O) groups excluding carboxylic acids is 3. The number of imide groups is 1. The standard InChI is InChI=1S/C22H18N2O3.C2H6/c1-3-23(2)20(25)15-9-4-10-16(13-15)24-21(26)17-11-5-7-14-8-6-12-18(19(14)17)22(24)27;1-2/h4-13H,3H2,1-2H3;1-2H3. The number of nitrogens with zero attached hydrogens (tertiary/aromatic N) is 2. The average Bonchev–Trinajstić information content (AvgIpc) is 2.78. The van der Waals surface area contributed by atoms with Gasteiger partial charge in [-0.3, -0.25) is 14.4 Å². The van der Waals surface area contributed by atoms with E-state index in [0.717, 1.165) is 10.3 Å². The van der Waals surface area contributed by atoms with Crippen LogP contribution < -0.4 is 4.90 Å². The Morgan fingerprint density at radius 2 is 1.45 bits per heavy atom. The first-order valence-electron chi connectivity index (χ1n) is 9.79. The van der Waals surface area contributed by atoms with Gasteiger partial charge in [0.2, 0.25) is 0 Å². The molecule has 1 aliphatic rings. The van der Waals surface area contributed by atoms with Crippen LogP contribution in [0.3, 0.4) is 0 Å². The smallest absolute Gasteiger partial charge is 0.265 e. The van der Waals surface area contributed by atoms with Gasteiger partial charge in [-0.1, -0.05) is 44.2 Å². The zero-order valence-corrected chi connectivity index (χ0v) is 17.1. The van der Waals surface area contributed by atoms with Gasteiger partial charge < -0.3 is 4.90 Å². The monoisotopic (exact) mass is 388 g/mol. The lowest BCUT2D eigenvalue weighted by atomic mass is 9.93. The minimum Gasteiger partial charge on any atom is -0.342 e. The predicted molar refractivity (Wildman–Crippen MR) is 116 cm³/mol. The third-order valence-electron chi connectivity index (χ3n) is 4.94. The molecule has 0 atom stereocenters. The molecule has 0 fully saturated rings. The molecule has 0 bridgehead atoms. The molecule has 0 aromatic heterocycles. The summed E-state index contributed by atoms with van der Waals surface area (Å²) >= 11 is 0. The van der Waals surface area contributed by atoms with Gasteiger partial charge in [0.15, 0.2) is 0 Å². The molecule has 148 valence electrons. The number of hydrogen-bond donors (Lipinski definition) is 0. The highest BCUT2D eigenvalue weighted by molar-refractivity contribution is 6.35. The van der Waals surface area contributed by atoms with E-state index in [1.807, 2.05) is 45.0 Å². The largest absolute Gasteiger partial charge is 0.342 e. The summed E-state index contributed by atoms with van der Waals surface area (Å²) < 4.78 is 0. The molecule has 0 saturated heterocycles. The molecule has 0 N–H and O–H groups in total. The maximum absolute atomic E-state index is 13.1. The molecular weight excluding hydrogens is 364 g/mol. The van der Waals surface area contributed by atoms with E-state index in [2.05, 4.69) is 0 Å². The van der Waals surface area contributed by atoms with Gasteiger partial charge in [0.1, 0.15) is 0 Å². The fourth-order valence-electron chi connectivity index (χ4n) is 3.41. The van der Waals surface area contributed by atoms with E-state index in [0.29, 0.717) is 34.3 Å². The van der Waals surface area contributed by atoms with Gasteiger partial charge in [-0.2, -0.15) is 0 Å². The van der Waals surface area contributed by atoms with E-state index in [1.54, 1.807) is 48.3 Å². The summed E-state index contributed by atoms with van der Waals surface area (Å²) in [6.45, 7) is 6.46. The molecular formula is C24H24N2O3. The Labute approximate surface area is 170 Å². The predicted octanol–water partition coefficient (Wildman–Crippen LogP) is 4.76. The first-order chi connectivity index (χ1) is 14.0.